The number of carbonyl (C=O) groups is 1. The van der Waals surface area contributed by atoms with Crippen LogP contribution in [-0.4, -0.2) is 35.1 Å². The van der Waals surface area contributed by atoms with Crippen LogP contribution in [0.5, 0.6) is 0 Å². The first-order chi connectivity index (χ1) is 8.09. The van der Waals surface area contributed by atoms with Crippen molar-refractivity contribution in [3.63, 3.8) is 0 Å². The average Bonchev–Trinajstić information content (AvgIpc) is 2.71. The molecule has 8 heteroatoms. The predicted octanol–water partition coefficient (Wildman–Crippen LogP) is 0.696. The summed E-state index contributed by atoms with van der Waals surface area (Å²) >= 11 is 11.5. The molecule has 2 heterocycles. The second-order valence-electron chi connectivity index (χ2n) is 3.62. The van der Waals surface area contributed by atoms with Crippen LogP contribution < -0.4 is 11.1 Å². The van der Waals surface area contributed by atoms with Crippen LogP contribution in [0.2, 0.25) is 10.2 Å². The second kappa shape index (κ2) is 5.14. The summed E-state index contributed by atoms with van der Waals surface area (Å²) in [5.74, 6) is -0.512. The summed E-state index contributed by atoms with van der Waals surface area (Å²) in [5, 5.41) is 2.75. The van der Waals surface area contributed by atoms with Gasteiger partial charge in [0.15, 0.2) is 11.0 Å². The predicted molar refractivity (Wildman–Crippen MR) is 63.0 cm³/mol. The van der Waals surface area contributed by atoms with Crippen molar-refractivity contribution < 1.29 is 9.53 Å². The van der Waals surface area contributed by atoms with Crippen LogP contribution in [-0.2, 0) is 9.53 Å². The average molecular weight is 277 g/mol. The number of nitrogens with zero attached hydrogens (tertiary/aromatic N) is 2. The Kier molecular flexibility index (Phi) is 3.78. The molecule has 1 aliphatic heterocycles. The highest BCUT2D eigenvalue weighted by Gasteiger charge is 2.31. The number of carbonyl (C=O) groups excluding carboxylic acids is 1. The highest BCUT2D eigenvalue weighted by atomic mass is 35.5. The largest absolute Gasteiger partial charge is 0.379 e. The van der Waals surface area contributed by atoms with Gasteiger partial charge in [-0.2, -0.15) is 0 Å². The lowest BCUT2D eigenvalue weighted by Crippen LogP contribution is -2.37. The topological polar surface area (TPSA) is 90.1 Å². The number of amides is 1. The highest BCUT2D eigenvalue weighted by molar-refractivity contribution is 6.42. The van der Waals surface area contributed by atoms with E-state index in [9.17, 15) is 4.79 Å². The summed E-state index contributed by atoms with van der Waals surface area (Å²) in [5.41, 5.74) is 5.72. The Labute approximate surface area is 107 Å². The van der Waals surface area contributed by atoms with E-state index in [0.29, 0.717) is 13.2 Å². The fourth-order valence-corrected chi connectivity index (χ4v) is 1.76. The molecule has 1 aliphatic rings. The number of rotatable bonds is 2. The Morgan fingerprint density at radius 1 is 1.47 bits per heavy atom. The van der Waals surface area contributed by atoms with Gasteiger partial charge in [-0.05, 0) is 0 Å². The van der Waals surface area contributed by atoms with Crippen molar-refractivity contribution in [2.24, 2.45) is 11.7 Å². The minimum atomic E-state index is -0.403. The molecule has 1 saturated heterocycles. The van der Waals surface area contributed by atoms with Gasteiger partial charge in [-0.3, -0.25) is 4.79 Å². The van der Waals surface area contributed by atoms with E-state index in [1.165, 1.54) is 6.33 Å². The number of aromatic nitrogens is 2. The smallest absolute Gasteiger partial charge is 0.232 e. The fraction of sp³-hybridized carbons (Fsp3) is 0.444. The Balaban J connectivity index is 2.10. The maximum Gasteiger partial charge on any atom is 0.232 e. The standard InChI is InChI=1S/C9H10Cl2N4O2/c10-6-7(11)13-3-14-8(6)15-9(16)4-1-17-2-5(4)12/h3-5H,1-2,12H2,(H,13,14,15,16). The first-order valence-electron chi connectivity index (χ1n) is 4.89. The third kappa shape index (κ3) is 2.66. The zero-order valence-electron chi connectivity index (χ0n) is 8.69. The van der Waals surface area contributed by atoms with Crippen molar-refractivity contribution in [2.75, 3.05) is 18.5 Å². The van der Waals surface area contributed by atoms with Crippen molar-refractivity contribution in [2.45, 2.75) is 6.04 Å². The molecule has 2 rings (SSSR count). The van der Waals surface area contributed by atoms with Crippen LogP contribution in [0.4, 0.5) is 5.82 Å². The number of nitrogens with two attached hydrogens (primary N) is 1. The van der Waals surface area contributed by atoms with Gasteiger partial charge in [-0.1, -0.05) is 23.2 Å². The molecule has 6 nitrogen and oxygen atoms in total. The molecule has 0 radical (unpaired) electrons. The molecule has 2 atom stereocenters. The van der Waals surface area contributed by atoms with Crippen LogP contribution >= 0.6 is 23.2 Å². The molecule has 1 amide bonds. The first kappa shape index (κ1) is 12.5. The van der Waals surface area contributed by atoms with Crippen molar-refractivity contribution in [3.05, 3.63) is 16.5 Å². The maximum atomic E-state index is 11.9. The monoisotopic (exact) mass is 276 g/mol. The van der Waals surface area contributed by atoms with Crippen molar-refractivity contribution >= 4 is 34.9 Å². The first-order valence-corrected chi connectivity index (χ1v) is 5.65. The van der Waals surface area contributed by atoms with Gasteiger partial charge in [0.25, 0.3) is 0 Å². The number of halogens is 2. The summed E-state index contributed by atoms with van der Waals surface area (Å²) < 4.78 is 5.10. The second-order valence-corrected chi connectivity index (χ2v) is 4.36. The van der Waals surface area contributed by atoms with Crippen LogP contribution in [0, 0.1) is 5.92 Å². The molecule has 0 bridgehead atoms. The maximum absolute atomic E-state index is 11.9. The molecule has 92 valence electrons. The van der Waals surface area contributed by atoms with Crippen molar-refractivity contribution in [1.29, 1.82) is 0 Å². The van der Waals surface area contributed by atoms with Gasteiger partial charge in [0, 0.05) is 6.04 Å². The Morgan fingerprint density at radius 3 is 2.88 bits per heavy atom. The quantitative estimate of drug-likeness (QED) is 0.776. The lowest BCUT2D eigenvalue weighted by Gasteiger charge is -2.13. The molecular weight excluding hydrogens is 267 g/mol. The normalized spacial score (nSPS) is 23.7. The summed E-state index contributed by atoms with van der Waals surface area (Å²) in [6, 6.07) is -0.314. The number of nitrogens with one attached hydrogen (secondary N) is 1. The van der Waals surface area contributed by atoms with Crippen LogP contribution in [0.15, 0.2) is 6.33 Å². The Morgan fingerprint density at radius 2 is 2.24 bits per heavy atom. The van der Waals surface area contributed by atoms with Gasteiger partial charge in [-0.15, -0.1) is 0 Å². The molecule has 0 spiro atoms. The van der Waals surface area contributed by atoms with E-state index in [1.807, 2.05) is 0 Å². The molecule has 0 aromatic carbocycles. The fourth-order valence-electron chi connectivity index (χ4n) is 1.49. The number of hydrogen-bond donors (Lipinski definition) is 2. The van der Waals surface area contributed by atoms with Gasteiger partial charge < -0.3 is 15.8 Å². The summed E-state index contributed by atoms with van der Waals surface area (Å²) in [6.45, 7) is 0.666. The van der Waals surface area contributed by atoms with Gasteiger partial charge in [0.1, 0.15) is 11.3 Å². The van der Waals surface area contributed by atoms with Gasteiger partial charge >= 0.3 is 0 Å². The number of ether oxygens (including phenoxy) is 1. The Bertz CT molecular complexity index is 443. The molecule has 1 aromatic heterocycles. The molecule has 17 heavy (non-hydrogen) atoms. The van der Waals surface area contributed by atoms with Crippen LogP contribution in [0.1, 0.15) is 0 Å². The van der Waals surface area contributed by atoms with E-state index < -0.39 is 5.92 Å². The third-order valence-corrected chi connectivity index (χ3v) is 3.19. The Hall–Kier alpha value is -0.950. The molecule has 1 fully saturated rings. The number of anilines is 1. The zero-order valence-corrected chi connectivity index (χ0v) is 10.2. The summed E-state index contributed by atoms with van der Waals surface area (Å²) in [6.07, 6.45) is 1.22. The van der Waals surface area contributed by atoms with Gasteiger partial charge in [-0.25, -0.2) is 9.97 Å². The van der Waals surface area contributed by atoms with Crippen molar-refractivity contribution in [3.8, 4) is 0 Å². The number of hydrogen-bond acceptors (Lipinski definition) is 5. The molecule has 0 saturated carbocycles. The summed E-state index contributed by atoms with van der Waals surface area (Å²) in [4.78, 5) is 19.4. The molecule has 2 unspecified atom stereocenters. The van der Waals surface area contributed by atoms with E-state index in [0.717, 1.165) is 0 Å². The van der Waals surface area contributed by atoms with Crippen LogP contribution in [0.25, 0.3) is 0 Å². The van der Waals surface area contributed by atoms with Gasteiger partial charge in [0.2, 0.25) is 5.91 Å². The van der Waals surface area contributed by atoms with E-state index in [-0.39, 0.29) is 27.9 Å². The minimum Gasteiger partial charge on any atom is -0.379 e. The van der Waals surface area contributed by atoms with Crippen LogP contribution in [0.3, 0.4) is 0 Å². The van der Waals surface area contributed by atoms with Gasteiger partial charge in [0.05, 0.1) is 19.1 Å². The molecule has 1 aromatic rings. The molecule has 0 aliphatic carbocycles. The zero-order chi connectivity index (χ0) is 12.4. The van der Waals surface area contributed by atoms with E-state index in [4.69, 9.17) is 33.7 Å². The minimum absolute atomic E-state index is 0.0870. The van der Waals surface area contributed by atoms with E-state index >= 15 is 0 Å². The van der Waals surface area contributed by atoms with E-state index in [1.54, 1.807) is 0 Å². The third-order valence-electron chi connectivity index (χ3n) is 2.45. The van der Waals surface area contributed by atoms with E-state index in [2.05, 4.69) is 15.3 Å². The lowest BCUT2D eigenvalue weighted by atomic mass is 10.0. The van der Waals surface area contributed by atoms with Crippen molar-refractivity contribution in [1.82, 2.24) is 9.97 Å². The molecular formula is C9H10Cl2N4O2. The highest BCUT2D eigenvalue weighted by Crippen LogP contribution is 2.26. The molecule has 3 N–H and O–H groups in total. The lowest BCUT2D eigenvalue weighted by molar-refractivity contribution is -0.120. The summed E-state index contributed by atoms with van der Waals surface area (Å²) in [7, 11) is 0. The SMILES string of the molecule is NC1COCC1C(=O)Nc1ncnc(Cl)c1Cl.